The van der Waals surface area contributed by atoms with E-state index in [0.29, 0.717) is 39.0 Å². The maximum absolute atomic E-state index is 11.7. The van der Waals surface area contributed by atoms with Gasteiger partial charge < -0.3 is 50.4 Å². The van der Waals surface area contributed by atoms with E-state index in [1.807, 2.05) is 39.0 Å². The maximum Gasteiger partial charge on any atom is 0.238 e. The van der Waals surface area contributed by atoms with Gasteiger partial charge in [0.05, 0.1) is 13.2 Å². The molecule has 1 saturated heterocycles. The van der Waals surface area contributed by atoms with Crippen LogP contribution in [0.1, 0.15) is 61.4 Å². The quantitative estimate of drug-likeness (QED) is 0.113. The highest BCUT2D eigenvalue weighted by Crippen LogP contribution is 2.32. The van der Waals surface area contributed by atoms with Crippen molar-refractivity contribution >= 4 is 5.91 Å². The number of aryl methyl sites for hydroxylation is 1. The summed E-state index contributed by atoms with van der Waals surface area (Å²) in [4.78, 5) is 11.7. The summed E-state index contributed by atoms with van der Waals surface area (Å²) in [6, 6.07) is 5.85. The van der Waals surface area contributed by atoms with Gasteiger partial charge in [0, 0.05) is 43.8 Å². The summed E-state index contributed by atoms with van der Waals surface area (Å²) in [5, 5.41) is 62.1. The second-order valence-electron chi connectivity index (χ2n) is 10.8. The van der Waals surface area contributed by atoms with Crippen molar-refractivity contribution in [3.8, 4) is 11.6 Å². The lowest BCUT2D eigenvalue weighted by atomic mass is 9.96. The van der Waals surface area contributed by atoms with Crippen molar-refractivity contribution in [3.05, 3.63) is 40.6 Å². The summed E-state index contributed by atoms with van der Waals surface area (Å²) >= 11 is 0. The molecule has 0 bridgehead atoms. The van der Waals surface area contributed by atoms with Crippen LogP contribution >= 0.6 is 0 Å². The molecule has 0 spiro atoms. The molecule has 13 heteroatoms. The predicted octanol–water partition coefficient (Wildman–Crippen LogP) is -0.142. The van der Waals surface area contributed by atoms with Gasteiger partial charge in [-0.15, -0.1) is 5.10 Å². The Balaban J connectivity index is 1.54. The van der Waals surface area contributed by atoms with Crippen molar-refractivity contribution in [2.45, 2.75) is 83.1 Å². The van der Waals surface area contributed by atoms with Gasteiger partial charge in [-0.25, -0.2) is 0 Å². The van der Waals surface area contributed by atoms with E-state index in [9.17, 15) is 25.2 Å². The fraction of sp³-hybridized carbons (Fsp3) is 0.655. The number of amides is 1. The molecule has 1 fully saturated rings. The third kappa shape index (κ3) is 9.36. The minimum Gasteiger partial charge on any atom is -0.494 e. The number of benzene rings is 1. The molecule has 2 aromatic rings. The molecule has 0 radical (unpaired) electrons. The highest BCUT2D eigenvalue weighted by atomic mass is 16.7. The zero-order valence-electron chi connectivity index (χ0n) is 24.6. The SMILES string of the molecule is Cc1cc(OCCCNCCC(=O)NCCCO)ccc1Cc1c(OC2O[C@H](CO)[C@@H](O)[C@H](O)[C@H]2O)n[nH]c1C(C)C. The molecule has 0 saturated carbocycles. The molecule has 8 N–H and O–H groups in total. The van der Waals surface area contributed by atoms with E-state index in [1.54, 1.807) is 0 Å². The van der Waals surface area contributed by atoms with Crippen LogP contribution in [0.15, 0.2) is 18.2 Å². The lowest BCUT2D eigenvalue weighted by Crippen LogP contribution is -2.60. The number of aromatic nitrogens is 2. The molecule has 236 valence electrons. The van der Waals surface area contributed by atoms with Gasteiger partial charge in [0.2, 0.25) is 18.1 Å². The Morgan fingerprint density at radius 3 is 2.57 bits per heavy atom. The molecule has 3 rings (SSSR count). The molecule has 1 aliphatic rings. The molecule has 0 aliphatic carbocycles. The molecule has 13 nitrogen and oxygen atoms in total. The lowest BCUT2D eigenvalue weighted by Gasteiger charge is -2.39. The second-order valence-corrected chi connectivity index (χ2v) is 10.8. The van der Waals surface area contributed by atoms with Gasteiger partial charge in [-0.2, -0.15) is 0 Å². The summed E-state index contributed by atoms with van der Waals surface area (Å²) in [5.74, 6) is 1.01. The average molecular weight is 595 g/mol. The third-order valence-corrected chi connectivity index (χ3v) is 7.15. The van der Waals surface area contributed by atoms with Gasteiger partial charge in [0.1, 0.15) is 30.2 Å². The Kier molecular flexibility index (Phi) is 13.4. The van der Waals surface area contributed by atoms with E-state index < -0.39 is 37.3 Å². The Morgan fingerprint density at radius 1 is 1.10 bits per heavy atom. The number of hydrogen-bond acceptors (Lipinski definition) is 11. The molecule has 1 aliphatic heterocycles. The van der Waals surface area contributed by atoms with Crippen LogP contribution in [0.3, 0.4) is 0 Å². The first kappa shape index (κ1) is 33.7. The van der Waals surface area contributed by atoms with Crippen molar-refractivity contribution in [1.29, 1.82) is 0 Å². The minimum absolute atomic E-state index is 0.0359. The Labute approximate surface area is 246 Å². The maximum atomic E-state index is 11.7. The third-order valence-electron chi connectivity index (χ3n) is 7.15. The summed E-state index contributed by atoms with van der Waals surface area (Å²) < 4.78 is 17.3. The molecule has 42 heavy (non-hydrogen) atoms. The topological polar surface area (TPSA) is 199 Å². The van der Waals surface area contributed by atoms with Crippen molar-refractivity contribution in [1.82, 2.24) is 20.8 Å². The minimum atomic E-state index is -1.55. The summed E-state index contributed by atoms with van der Waals surface area (Å²) in [7, 11) is 0. The van der Waals surface area contributed by atoms with E-state index in [4.69, 9.17) is 19.3 Å². The van der Waals surface area contributed by atoms with Gasteiger partial charge in [-0.1, -0.05) is 19.9 Å². The van der Waals surface area contributed by atoms with Crippen molar-refractivity contribution in [3.63, 3.8) is 0 Å². The molecule has 5 atom stereocenters. The number of ether oxygens (including phenoxy) is 3. The average Bonchev–Trinajstić information content (AvgIpc) is 3.36. The Morgan fingerprint density at radius 2 is 1.88 bits per heavy atom. The molecular formula is C29H46N4O9. The van der Waals surface area contributed by atoms with Gasteiger partial charge in [0.15, 0.2) is 0 Å². The van der Waals surface area contributed by atoms with Crippen molar-refractivity contribution in [2.75, 3.05) is 39.5 Å². The molecule has 1 aromatic carbocycles. The monoisotopic (exact) mass is 594 g/mol. The van der Waals surface area contributed by atoms with E-state index in [-0.39, 0.29) is 24.3 Å². The van der Waals surface area contributed by atoms with Gasteiger partial charge >= 0.3 is 0 Å². The van der Waals surface area contributed by atoms with Crippen LogP contribution in [0, 0.1) is 6.92 Å². The Hall–Kier alpha value is -2.78. The smallest absolute Gasteiger partial charge is 0.238 e. The molecule has 2 heterocycles. The van der Waals surface area contributed by atoms with E-state index >= 15 is 0 Å². The number of nitrogens with zero attached hydrogens (tertiary/aromatic N) is 1. The van der Waals surface area contributed by atoms with Gasteiger partial charge in [-0.05, 0) is 55.5 Å². The molecule has 1 aromatic heterocycles. The van der Waals surface area contributed by atoms with E-state index in [1.165, 1.54) is 0 Å². The molecular weight excluding hydrogens is 548 g/mol. The van der Waals surface area contributed by atoms with Crippen molar-refractivity contribution in [2.24, 2.45) is 0 Å². The summed E-state index contributed by atoms with van der Waals surface area (Å²) in [6.45, 7) is 7.83. The summed E-state index contributed by atoms with van der Waals surface area (Å²) in [5.41, 5.74) is 3.65. The van der Waals surface area contributed by atoms with Crippen LogP contribution in [-0.2, 0) is 16.0 Å². The zero-order valence-corrected chi connectivity index (χ0v) is 24.6. The first-order valence-corrected chi connectivity index (χ1v) is 14.5. The number of aliphatic hydroxyl groups excluding tert-OH is 5. The normalized spacial score (nSPS) is 22.4. The lowest BCUT2D eigenvalue weighted by molar-refractivity contribution is -0.278. The fourth-order valence-corrected chi connectivity index (χ4v) is 4.64. The Bertz CT molecular complexity index is 1110. The van der Waals surface area contributed by atoms with Gasteiger partial charge in [-0.3, -0.25) is 9.89 Å². The zero-order chi connectivity index (χ0) is 30.6. The second kappa shape index (κ2) is 16.8. The van der Waals surface area contributed by atoms with Crippen LogP contribution < -0.4 is 20.1 Å². The number of hydrogen-bond donors (Lipinski definition) is 8. The van der Waals surface area contributed by atoms with Crippen molar-refractivity contribution < 1.29 is 44.5 Å². The highest BCUT2D eigenvalue weighted by Gasteiger charge is 2.45. The predicted molar refractivity (Wildman–Crippen MR) is 153 cm³/mol. The first-order chi connectivity index (χ1) is 20.2. The summed E-state index contributed by atoms with van der Waals surface area (Å²) in [6.07, 6.45) is -4.78. The van der Waals surface area contributed by atoms with E-state index in [0.717, 1.165) is 41.1 Å². The van der Waals surface area contributed by atoms with Crippen LogP contribution in [0.25, 0.3) is 0 Å². The van der Waals surface area contributed by atoms with E-state index in [2.05, 4.69) is 20.8 Å². The number of carbonyl (C=O) groups excluding carboxylic acids is 1. The standard InChI is InChI=1S/C29H46N4O9/c1-17(2)24-21(28(33-32-24)42-29-27(39)26(38)25(37)22(16-35)41-29)15-19-6-7-20(14-18(19)3)40-13-5-9-30-11-8-23(36)31-10-4-12-34/h6-7,14,17,22,25-27,29-30,34-35,37-39H,4-5,8-13,15-16H2,1-3H3,(H,31,36)(H,32,33)/t22-,25-,26+,27-,29?/m1/s1. The number of H-pyrrole nitrogens is 1. The fourth-order valence-electron chi connectivity index (χ4n) is 4.64. The number of nitrogens with one attached hydrogen (secondary N) is 3. The number of aromatic amines is 1. The molecule has 1 unspecified atom stereocenters. The number of aliphatic hydroxyl groups is 5. The highest BCUT2D eigenvalue weighted by molar-refractivity contribution is 5.75. The van der Waals surface area contributed by atoms with Crippen LogP contribution in [-0.4, -0.2) is 112 Å². The number of carbonyl (C=O) groups is 1. The largest absolute Gasteiger partial charge is 0.494 e. The molecule has 1 amide bonds. The van der Waals surface area contributed by atoms with Crippen LogP contribution in [0.5, 0.6) is 11.6 Å². The van der Waals surface area contributed by atoms with Crippen LogP contribution in [0.2, 0.25) is 0 Å². The van der Waals surface area contributed by atoms with Gasteiger partial charge in [0.25, 0.3) is 0 Å². The first-order valence-electron chi connectivity index (χ1n) is 14.5. The van der Waals surface area contributed by atoms with Crippen LogP contribution in [0.4, 0.5) is 0 Å². The number of rotatable bonds is 17.